The van der Waals surface area contributed by atoms with Gasteiger partial charge in [-0.3, -0.25) is 14.7 Å². The molecule has 12 heteroatoms. The number of hydrogen-bond acceptors (Lipinski definition) is 7. The molecule has 0 aliphatic carbocycles. The normalized spacial score (nSPS) is 17.1. The van der Waals surface area contributed by atoms with E-state index in [1.54, 1.807) is 12.4 Å². The lowest BCUT2D eigenvalue weighted by molar-refractivity contribution is -0.0436. The molecule has 0 spiro atoms. The van der Waals surface area contributed by atoms with Gasteiger partial charge in [0.05, 0.1) is 17.1 Å². The van der Waals surface area contributed by atoms with Crippen molar-refractivity contribution in [2.75, 3.05) is 55.7 Å². The molecule has 8 nitrogen and oxygen atoms in total. The first-order valence-electron chi connectivity index (χ1n) is 12.5. The number of benzene rings is 2. The fourth-order valence-electron chi connectivity index (χ4n) is 4.93. The first kappa shape index (κ1) is 26.9. The predicted octanol–water partition coefficient (Wildman–Crippen LogP) is 3.62. The average molecular weight is 560 g/mol. The van der Waals surface area contributed by atoms with Crippen molar-refractivity contribution >= 4 is 27.1 Å². The topological polar surface area (TPSA) is 77.1 Å². The molecule has 0 unspecified atom stereocenters. The summed E-state index contributed by atoms with van der Waals surface area (Å²) in [6.45, 7) is 4.99. The number of carbonyl (C=O) groups is 1. The Morgan fingerprint density at radius 2 is 1.46 bits per heavy atom. The van der Waals surface area contributed by atoms with E-state index in [1.807, 2.05) is 34.1 Å². The van der Waals surface area contributed by atoms with Crippen molar-refractivity contribution in [3.05, 3.63) is 84.2 Å². The van der Waals surface area contributed by atoms with Crippen LogP contribution < -0.4 is 9.80 Å². The maximum absolute atomic E-state index is 13.4. The van der Waals surface area contributed by atoms with Crippen LogP contribution in [0.4, 0.5) is 24.5 Å². The maximum atomic E-state index is 13.4. The summed E-state index contributed by atoms with van der Waals surface area (Å²) < 4.78 is 61.8. The van der Waals surface area contributed by atoms with Gasteiger partial charge in [-0.1, -0.05) is 18.2 Å². The molecule has 1 aromatic heterocycles. The molecule has 206 valence electrons. The van der Waals surface area contributed by atoms with E-state index in [9.17, 15) is 26.4 Å². The van der Waals surface area contributed by atoms with E-state index in [2.05, 4.69) is 26.9 Å². The number of sulfone groups is 1. The quantitative estimate of drug-likeness (QED) is 0.457. The first-order valence-corrected chi connectivity index (χ1v) is 14.0. The predicted molar refractivity (Wildman–Crippen MR) is 141 cm³/mol. The highest BCUT2D eigenvalue weighted by Crippen LogP contribution is 2.31. The van der Waals surface area contributed by atoms with Gasteiger partial charge < -0.3 is 14.7 Å². The molecule has 3 heterocycles. The number of aromatic nitrogens is 1. The lowest BCUT2D eigenvalue weighted by Crippen LogP contribution is -2.49. The Hall–Kier alpha value is -3.64. The van der Waals surface area contributed by atoms with Crippen LogP contribution in [0.3, 0.4) is 0 Å². The molecule has 2 fully saturated rings. The van der Waals surface area contributed by atoms with Crippen LogP contribution >= 0.6 is 0 Å². The third-order valence-electron chi connectivity index (χ3n) is 7.10. The zero-order valence-corrected chi connectivity index (χ0v) is 21.9. The van der Waals surface area contributed by atoms with Gasteiger partial charge >= 0.3 is 5.51 Å². The fourth-order valence-corrected chi connectivity index (χ4v) is 5.69. The average Bonchev–Trinajstić information content (AvgIpc) is 3.41. The second kappa shape index (κ2) is 10.9. The number of amides is 1. The zero-order valence-electron chi connectivity index (χ0n) is 21.1. The second-order valence-corrected chi connectivity index (χ2v) is 11.5. The minimum absolute atomic E-state index is 0.0525. The van der Waals surface area contributed by atoms with Gasteiger partial charge in [0, 0.05) is 69.6 Å². The van der Waals surface area contributed by atoms with Crippen molar-refractivity contribution in [1.29, 1.82) is 0 Å². The Kier molecular flexibility index (Phi) is 7.50. The SMILES string of the molecule is O=C(c1cnccc1CN1CCN(c2ccc(S(=O)(=O)C(F)(F)F)cc2)C1)N1CCN(c2ccccc2)CC1. The summed E-state index contributed by atoms with van der Waals surface area (Å²) in [5.74, 6) is -0.0525. The van der Waals surface area contributed by atoms with Gasteiger partial charge in [0.15, 0.2) is 0 Å². The Morgan fingerprint density at radius 3 is 2.13 bits per heavy atom. The highest BCUT2D eigenvalue weighted by Gasteiger charge is 2.46. The Labute approximate surface area is 225 Å². The van der Waals surface area contributed by atoms with Crippen LogP contribution in [0.1, 0.15) is 15.9 Å². The van der Waals surface area contributed by atoms with Gasteiger partial charge in [0.2, 0.25) is 0 Å². The smallest absolute Gasteiger partial charge is 0.368 e. The number of para-hydroxylation sites is 1. The van der Waals surface area contributed by atoms with Crippen molar-refractivity contribution in [2.45, 2.75) is 16.9 Å². The number of rotatable bonds is 6. The summed E-state index contributed by atoms with van der Waals surface area (Å²) in [6.07, 6.45) is 3.27. The molecule has 0 bridgehead atoms. The molecule has 2 saturated heterocycles. The summed E-state index contributed by atoms with van der Waals surface area (Å²) in [5.41, 5.74) is -2.16. The lowest BCUT2D eigenvalue weighted by Gasteiger charge is -2.36. The minimum Gasteiger partial charge on any atom is -0.368 e. The van der Waals surface area contributed by atoms with Gasteiger partial charge in [0.1, 0.15) is 0 Å². The Balaban J connectivity index is 1.21. The van der Waals surface area contributed by atoms with Gasteiger partial charge in [-0.2, -0.15) is 13.2 Å². The molecule has 0 N–H and O–H groups in total. The lowest BCUT2D eigenvalue weighted by atomic mass is 10.1. The molecule has 5 rings (SSSR count). The van der Waals surface area contributed by atoms with Gasteiger partial charge in [-0.05, 0) is 48.0 Å². The van der Waals surface area contributed by atoms with Crippen LogP contribution in [0, 0.1) is 0 Å². The summed E-state index contributed by atoms with van der Waals surface area (Å²) in [7, 11) is -5.38. The van der Waals surface area contributed by atoms with Gasteiger partial charge in [-0.25, -0.2) is 8.42 Å². The number of carbonyl (C=O) groups excluding carboxylic acids is 1. The third kappa shape index (κ3) is 5.71. The monoisotopic (exact) mass is 559 g/mol. The third-order valence-corrected chi connectivity index (χ3v) is 8.60. The largest absolute Gasteiger partial charge is 0.501 e. The number of hydrogen-bond donors (Lipinski definition) is 0. The number of anilines is 2. The van der Waals surface area contributed by atoms with Crippen LogP contribution in [0.15, 0.2) is 78.0 Å². The minimum atomic E-state index is -5.38. The van der Waals surface area contributed by atoms with Crippen molar-refractivity contribution in [3.63, 3.8) is 0 Å². The van der Waals surface area contributed by atoms with Crippen LogP contribution in [-0.4, -0.2) is 80.6 Å². The number of pyridine rings is 1. The molecule has 0 radical (unpaired) electrons. The fraction of sp³-hybridized carbons (Fsp3) is 0.333. The highest BCUT2D eigenvalue weighted by molar-refractivity contribution is 7.92. The van der Waals surface area contributed by atoms with E-state index >= 15 is 0 Å². The number of halogens is 3. The highest BCUT2D eigenvalue weighted by atomic mass is 32.2. The van der Waals surface area contributed by atoms with E-state index in [4.69, 9.17) is 0 Å². The van der Waals surface area contributed by atoms with Crippen LogP contribution in [0.25, 0.3) is 0 Å². The van der Waals surface area contributed by atoms with E-state index in [1.165, 1.54) is 12.1 Å². The molecule has 0 saturated carbocycles. The van der Waals surface area contributed by atoms with E-state index in [-0.39, 0.29) is 5.91 Å². The Morgan fingerprint density at radius 1 is 0.821 bits per heavy atom. The van der Waals surface area contributed by atoms with E-state index < -0.39 is 20.2 Å². The molecular formula is C27H28F3N5O3S. The molecule has 2 aliphatic rings. The van der Waals surface area contributed by atoms with Crippen molar-refractivity contribution in [1.82, 2.24) is 14.8 Å². The molecular weight excluding hydrogens is 531 g/mol. The molecule has 1 amide bonds. The summed E-state index contributed by atoms with van der Waals surface area (Å²) in [5, 5.41) is 0. The Bertz CT molecular complexity index is 1410. The summed E-state index contributed by atoms with van der Waals surface area (Å²) >= 11 is 0. The van der Waals surface area contributed by atoms with Gasteiger partial charge in [0.25, 0.3) is 15.7 Å². The molecule has 2 aromatic carbocycles. The molecule has 2 aliphatic heterocycles. The summed E-state index contributed by atoms with van der Waals surface area (Å²) in [6, 6.07) is 16.7. The maximum Gasteiger partial charge on any atom is 0.501 e. The molecule has 39 heavy (non-hydrogen) atoms. The molecule has 3 aromatic rings. The van der Waals surface area contributed by atoms with Gasteiger partial charge in [-0.15, -0.1) is 0 Å². The van der Waals surface area contributed by atoms with Crippen molar-refractivity contribution in [3.8, 4) is 0 Å². The number of nitrogens with zero attached hydrogens (tertiary/aromatic N) is 5. The van der Waals surface area contributed by atoms with Crippen molar-refractivity contribution < 1.29 is 26.4 Å². The second-order valence-electron chi connectivity index (χ2n) is 9.55. The van der Waals surface area contributed by atoms with Crippen LogP contribution in [-0.2, 0) is 16.4 Å². The zero-order chi connectivity index (χ0) is 27.6. The standard InChI is InChI=1S/C27H28F3N5O3S/c28-27(29,30)39(37,38)24-8-6-23(7-9-24)35-13-12-32(20-35)19-21-10-11-31-18-25(21)26(36)34-16-14-33(15-17-34)22-4-2-1-3-5-22/h1-11,18H,12-17,19-20H2. The summed E-state index contributed by atoms with van der Waals surface area (Å²) in [4.78, 5) is 25.0. The first-order chi connectivity index (χ1) is 18.6. The van der Waals surface area contributed by atoms with Crippen molar-refractivity contribution in [2.24, 2.45) is 0 Å². The van der Waals surface area contributed by atoms with E-state index in [0.29, 0.717) is 50.6 Å². The van der Waals surface area contributed by atoms with Crippen LogP contribution in [0.5, 0.6) is 0 Å². The molecule has 0 atom stereocenters. The number of piperazine rings is 1. The van der Waals surface area contributed by atoms with E-state index in [0.717, 1.165) is 36.5 Å². The van der Waals surface area contributed by atoms with Crippen LogP contribution in [0.2, 0.25) is 0 Å². The number of alkyl halides is 3.